The van der Waals surface area contributed by atoms with Crippen molar-refractivity contribution in [1.29, 1.82) is 0 Å². The lowest BCUT2D eigenvalue weighted by Crippen LogP contribution is -2.40. The Kier molecular flexibility index (Phi) is 7.55. The van der Waals surface area contributed by atoms with Crippen molar-refractivity contribution in [3.63, 3.8) is 0 Å². The molecule has 1 N–H and O–H groups in total. The number of rotatable bonds is 9. The normalized spacial score (nSPS) is 11.0. The summed E-state index contributed by atoms with van der Waals surface area (Å²) in [6.45, 7) is 1.68. The highest BCUT2D eigenvalue weighted by Crippen LogP contribution is 2.32. The van der Waals surface area contributed by atoms with Gasteiger partial charge in [0.05, 0.1) is 24.8 Å². The maximum Gasteiger partial charge on any atom is 0.264 e. The van der Waals surface area contributed by atoms with Crippen LogP contribution in [0.25, 0.3) is 0 Å². The molecule has 33 heavy (non-hydrogen) atoms. The molecule has 3 rings (SSSR count). The van der Waals surface area contributed by atoms with Crippen LogP contribution >= 0.6 is 0 Å². The van der Waals surface area contributed by atoms with Crippen LogP contribution in [-0.4, -0.2) is 35.1 Å². The summed E-state index contributed by atoms with van der Waals surface area (Å²) in [4.78, 5) is 12.6. The van der Waals surface area contributed by atoms with Gasteiger partial charge in [-0.15, -0.1) is 0 Å². The molecule has 3 aromatic carbocycles. The van der Waals surface area contributed by atoms with E-state index in [9.17, 15) is 17.6 Å². The number of nitrogens with one attached hydrogen (secondary N) is 1. The molecular weight excluding hydrogens is 447 g/mol. The molecular formula is C24H25FN2O5S. The van der Waals surface area contributed by atoms with Gasteiger partial charge in [0.2, 0.25) is 5.91 Å². The second-order valence-electron chi connectivity index (χ2n) is 7.21. The quantitative estimate of drug-likeness (QED) is 0.514. The number of ether oxygens (including phenoxy) is 2. The van der Waals surface area contributed by atoms with Crippen molar-refractivity contribution in [2.45, 2.75) is 18.4 Å². The number of halogens is 1. The standard InChI is InChI=1S/C24H25FN2O5S/c1-17-6-4-5-7-18(17)15-26-24(28)16-27(20-10-8-19(25)9-11-20)33(29,30)21-12-13-22(31-2)23(14-21)32-3/h4-14H,15-16H2,1-3H3,(H,26,28). The van der Waals surface area contributed by atoms with Gasteiger partial charge in [0.25, 0.3) is 10.0 Å². The summed E-state index contributed by atoms with van der Waals surface area (Å²) in [5.74, 6) is -0.444. The zero-order valence-electron chi connectivity index (χ0n) is 18.5. The predicted molar refractivity (Wildman–Crippen MR) is 124 cm³/mol. The van der Waals surface area contributed by atoms with E-state index in [-0.39, 0.29) is 22.9 Å². The Labute approximate surface area is 192 Å². The fourth-order valence-electron chi connectivity index (χ4n) is 3.22. The predicted octanol–water partition coefficient (Wildman–Crippen LogP) is 3.66. The molecule has 7 nitrogen and oxygen atoms in total. The lowest BCUT2D eigenvalue weighted by atomic mass is 10.1. The number of aryl methyl sites for hydroxylation is 1. The molecule has 0 heterocycles. The van der Waals surface area contributed by atoms with E-state index in [4.69, 9.17) is 9.47 Å². The van der Waals surface area contributed by atoms with Crippen LogP contribution in [0.4, 0.5) is 10.1 Å². The molecule has 0 unspecified atom stereocenters. The summed E-state index contributed by atoms with van der Waals surface area (Å²) in [5, 5.41) is 2.75. The molecule has 0 aliphatic rings. The Hall–Kier alpha value is -3.59. The van der Waals surface area contributed by atoms with Crippen molar-refractivity contribution in [3.8, 4) is 11.5 Å². The van der Waals surface area contributed by atoms with Gasteiger partial charge in [-0.25, -0.2) is 12.8 Å². The third-order valence-electron chi connectivity index (χ3n) is 5.08. The third kappa shape index (κ3) is 5.61. The first-order valence-electron chi connectivity index (χ1n) is 10.1. The zero-order chi connectivity index (χ0) is 24.0. The number of carbonyl (C=O) groups is 1. The Morgan fingerprint density at radius 1 is 0.970 bits per heavy atom. The van der Waals surface area contributed by atoms with Crippen molar-refractivity contribution in [3.05, 3.63) is 83.7 Å². The lowest BCUT2D eigenvalue weighted by molar-refractivity contribution is -0.119. The van der Waals surface area contributed by atoms with E-state index in [1.807, 2.05) is 31.2 Å². The highest BCUT2D eigenvalue weighted by Gasteiger charge is 2.28. The van der Waals surface area contributed by atoms with Gasteiger partial charge in [-0.2, -0.15) is 0 Å². The molecule has 0 atom stereocenters. The van der Waals surface area contributed by atoms with Crippen LogP contribution in [0.3, 0.4) is 0 Å². The van der Waals surface area contributed by atoms with Gasteiger partial charge in [-0.05, 0) is 54.4 Å². The van der Waals surface area contributed by atoms with Crippen LogP contribution in [0, 0.1) is 12.7 Å². The summed E-state index contributed by atoms with van der Waals surface area (Å²) >= 11 is 0. The van der Waals surface area contributed by atoms with Crippen LogP contribution in [0.2, 0.25) is 0 Å². The van der Waals surface area contributed by atoms with E-state index in [2.05, 4.69) is 5.32 Å². The Bertz CT molecular complexity index is 1230. The van der Waals surface area contributed by atoms with E-state index >= 15 is 0 Å². The van der Waals surface area contributed by atoms with Gasteiger partial charge in [0.15, 0.2) is 11.5 Å². The van der Waals surface area contributed by atoms with Gasteiger partial charge < -0.3 is 14.8 Å². The Balaban J connectivity index is 1.92. The van der Waals surface area contributed by atoms with Gasteiger partial charge in [-0.1, -0.05) is 24.3 Å². The molecule has 0 aliphatic heterocycles. The number of anilines is 1. The number of hydrogen-bond acceptors (Lipinski definition) is 5. The maximum absolute atomic E-state index is 13.5. The lowest BCUT2D eigenvalue weighted by Gasteiger charge is -2.24. The van der Waals surface area contributed by atoms with Crippen molar-refractivity contribution in [2.24, 2.45) is 0 Å². The van der Waals surface area contributed by atoms with Gasteiger partial charge >= 0.3 is 0 Å². The van der Waals surface area contributed by atoms with E-state index in [0.717, 1.165) is 27.6 Å². The average Bonchev–Trinajstić information content (AvgIpc) is 2.82. The summed E-state index contributed by atoms with van der Waals surface area (Å²) in [6, 6.07) is 16.6. The number of benzene rings is 3. The maximum atomic E-state index is 13.5. The highest BCUT2D eigenvalue weighted by molar-refractivity contribution is 7.92. The minimum atomic E-state index is -4.20. The topological polar surface area (TPSA) is 84.9 Å². The van der Waals surface area contributed by atoms with E-state index in [1.165, 1.54) is 44.6 Å². The van der Waals surface area contributed by atoms with E-state index < -0.39 is 28.3 Å². The van der Waals surface area contributed by atoms with Crippen LogP contribution < -0.4 is 19.1 Å². The summed E-state index contributed by atoms with van der Waals surface area (Å²) in [5.41, 5.74) is 2.07. The van der Waals surface area contributed by atoms with Crippen LogP contribution in [0.15, 0.2) is 71.6 Å². The van der Waals surface area contributed by atoms with Gasteiger partial charge in [0, 0.05) is 12.6 Å². The molecule has 0 radical (unpaired) electrons. The van der Waals surface area contributed by atoms with Crippen LogP contribution in [0.5, 0.6) is 11.5 Å². The Morgan fingerprint density at radius 2 is 1.64 bits per heavy atom. The van der Waals surface area contributed by atoms with E-state index in [1.54, 1.807) is 0 Å². The fourth-order valence-corrected chi connectivity index (χ4v) is 4.65. The highest BCUT2D eigenvalue weighted by atomic mass is 32.2. The summed E-state index contributed by atoms with van der Waals surface area (Å²) in [6.07, 6.45) is 0. The van der Waals surface area contributed by atoms with Gasteiger partial charge in [-0.3, -0.25) is 9.10 Å². The molecule has 174 valence electrons. The largest absolute Gasteiger partial charge is 0.493 e. The minimum absolute atomic E-state index is 0.101. The van der Waals surface area contributed by atoms with Crippen molar-refractivity contribution < 1.29 is 27.1 Å². The molecule has 0 fully saturated rings. The fraction of sp³-hybridized carbons (Fsp3) is 0.208. The van der Waals surface area contributed by atoms with Crippen molar-refractivity contribution in [2.75, 3.05) is 25.1 Å². The SMILES string of the molecule is COc1ccc(S(=O)(=O)N(CC(=O)NCc2ccccc2C)c2ccc(F)cc2)cc1OC. The van der Waals surface area contributed by atoms with Gasteiger partial charge in [0.1, 0.15) is 12.4 Å². The number of amides is 1. The Morgan fingerprint density at radius 3 is 2.27 bits per heavy atom. The third-order valence-corrected chi connectivity index (χ3v) is 6.85. The number of carbonyl (C=O) groups excluding carboxylic acids is 1. The van der Waals surface area contributed by atoms with Crippen molar-refractivity contribution in [1.82, 2.24) is 5.32 Å². The second-order valence-corrected chi connectivity index (χ2v) is 9.07. The first kappa shape index (κ1) is 24.1. The molecule has 0 aromatic heterocycles. The number of hydrogen-bond donors (Lipinski definition) is 1. The summed E-state index contributed by atoms with van der Waals surface area (Å²) in [7, 11) is -1.36. The monoisotopic (exact) mass is 472 g/mol. The second kappa shape index (κ2) is 10.4. The zero-order valence-corrected chi connectivity index (χ0v) is 19.4. The van der Waals surface area contributed by atoms with Crippen molar-refractivity contribution >= 4 is 21.6 Å². The number of sulfonamides is 1. The van der Waals surface area contributed by atoms with E-state index in [0.29, 0.717) is 5.75 Å². The van der Waals surface area contributed by atoms with Crippen LogP contribution in [-0.2, 0) is 21.4 Å². The van der Waals surface area contributed by atoms with Crippen LogP contribution in [0.1, 0.15) is 11.1 Å². The first-order valence-corrected chi connectivity index (χ1v) is 11.5. The summed E-state index contributed by atoms with van der Waals surface area (Å²) < 4.78 is 51.8. The minimum Gasteiger partial charge on any atom is -0.493 e. The molecule has 9 heteroatoms. The molecule has 0 bridgehead atoms. The number of methoxy groups -OCH3 is 2. The molecule has 0 spiro atoms. The first-order chi connectivity index (χ1) is 15.8. The molecule has 0 aliphatic carbocycles. The molecule has 0 saturated carbocycles. The molecule has 1 amide bonds. The molecule has 3 aromatic rings. The average molecular weight is 473 g/mol. The number of nitrogens with zero attached hydrogens (tertiary/aromatic N) is 1. The molecule has 0 saturated heterocycles. The smallest absolute Gasteiger partial charge is 0.264 e.